The topological polar surface area (TPSA) is 80.4 Å². The SMILES string of the molecule is O=[N+]([O-])c1ccc([As](=O)(O)Cl)cc1. The van der Waals surface area contributed by atoms with E-state index in [9.17, 15) is 13.9 Å². The van der Waals surface area contributed by atoms with Gasteiger partial charge in [-0.1, -0.05) is 0 Å². The van der Waals surface area contributed by atoms with Crippen LogP contribution in [0.1, 0.15) is 0 Å². The summed E-state index contributed by atoms with van der Waals surface area (Å²) in [5.41, 5.74) is -0.135. The number of nitro benzene ring substituents is 1. The molecular weight excluding hydrogens is 260 g/mol. The van der Waals surface area contributed by atoms with Gasteiger partial charge in [-0.15, -0.1) is 0 Å². The van der Waals surface area contributed by atoms with Gasteiger partial charge in [0.05, 0.1) is 0 Å². The molecule has 1 atom stereocenters. The van der Waals surface area contributed by atoms with Crippen LogP contribution in [0.4, 0.5) is 5.69 Å². The summed E-state index contributed by atoms with van der Waals surface area (Å²) in [6, 6.07) is 4.65. The van der Waals surface area contributed by atoms with Crippen molar-refractivity contribution in [1.29, 1.82) is 0 Å². The zero-order valence-corrected chi connectivity index (χ0v) is 8.89. The maximum atomic E-state index is 10.9. The molecule has 13 heavy (non-hydrogen) atoms. The molecule has 0 fully saturated rings. The molecule has 1 N–H and O–H groups in total. The van der Waals surface area contributed by atoms with E-state index in [0.717, 1.165) is 12.1 Å². The number of non-ortho nitro benzene ring substituents is 1. The third-order valence-electron chi connectivity index (χ3n) is 1.38. The molecule has 5 nitrogen and oxygen atoms in total. The number of hydrogen-bond acceptors (Lipinski definition) is 3. The number of benzene rings is 1. The standard InChI is InChI=1S/C6H5AsClNO4/c8-7(10,11)5-1-3-6(4-2-5)9(12)13/h1-4H,(H,10,11). The van der Waals surface area contributed by atoms with E-state index < -0.39 is 17.8 Å². The monoisotopic (exact) mass is 265 g/mol. The van der Waals surface area contributed by atoms with E-state index in [2.05, 4.69) is 0 Å². The summed E-state index contributed by atoms with van der Waals surface area (Å²) in [6.45, 7) is 0. The van der Waals surface area contributed by atoms with Crippen LogP contribution in [0.2, 0.25) is 0 Å². The second-order valence-electron chi connectivity index (χ2n) is 2.28. The summed E-state index contributed by atoms with van der Waals surface area (Å²) < 4.78 is 19.9. The van der Waals surface area contributed by atoms with Crippen LogP contribution in [-0.4, -0.2) is 21.9 Å². The molecule has 70 valence electrons. The van der Waals surface area contributed by atoms with Crippen LogP contribution < -0.4 is 4.35 Å². The van der Waals surface area contributed by atoms with Gasteiger partial charge in [-0.25, -0.2) is 0 Å². The summed E-state index contributed by atoms with van der Waals surface area (Å²) in [7, 11) is 5.19. The van der Waals surface area contributed by atoms with Crippen LogP contribution in [0, 0.1) is 10.1 Å². The van der Waals surface area contributed by atoms with E-state index in [0.29, 0.717) is 0 Å². The third-order valence-corrected chi connectivity index (χ3v) is 4.36. The molecule has 0 saturated carbocycles. The molecule has 0 heterocycles. The van der Waals surface area contributed by atoms with Crippen LogP contribution in [0.3, 0.4) is 0 Å². The van der Waals surface area contributed by atoms with E-state index in [-0.39, 0.29) is 10.0 Å². The molecule has 0 saturated heterocycles. The summed E-state index contributed by atoms with van der Waals surface area (Å²) in [5, 5.41) is 10.2. The van der Waals surface area contributed by atoms with Gasteiger partial charge >= 0.3 is 80.0 Å². The van der Waals surface area contributed by atoms with Gasteiger partial charge in [0.2, 0.25) is 0 Å². The summed E-state index contributed by atoms with van der Waals surface area (Å²) in [6.07, 6.45) is 0. The fourth-order valence-corrected chi connectivity index (χ4v) is 2.43. The Morgan fingerprint density at radius 2 is 1.85 bits per heavy atom. The normalized spacial score (nSPS) is 14.9. The van der Waals surface area contributed by atoms with Crippen molar-refractivity contribution in [3.63, 3.8) is 0 Å². The van der Waals surface area contributed by atoms with Crippen molar-refractivity contribution in [2.75, 3.05) is 0 Å². The molecule has 0 aliphatic heterocycles. The van der Waals surface area contributed by atoms with Crippen LogP contribution in [0.15, 0.2) is 24.3 Å². The average Bonchev–Trinajstić information content (AvgIpc) is 2.03. The van der Waals surface area contributed by atoms with Crippen LogP contribution in [0.5, 0.6) is 0 Å². The second kappa shape index (κ2) is 3.54. The molecular formula is C6H5AsClNO4. The van der Waals surface area contributed by atoms with Crippen molar-refractivity contribution >= 4 is 32.9 Å². The van der Waals surface area contributed by atoms with Crippen LogP contribution in [-0.2, 0) is 3.74 Å². The number of halogens is 1. The molecule has 0 aliphatic rings. The zero-order valence-electron chi connectivity index (χ0n) is 6.25. The fourth-order valence-electron chi connectivity index (χ4n) is 0.758. The Labute approximate surface area is 80.3 Å². The Hall–Kier alpha value is -0.772. The molecule has 7 heteroatoms. The molecule has 1 unspecified atom stereocenters. The molecule has 0 aliphatic carbocycles. The van der Waals surface area contributed by atoms with E-state index in [4.69, 9.17) is 14.0 Å². The molecule has 1 aromatic rings. The first-order chi connectivity index (χ1) is 5.91. The number of nitrogens with zero attached hydrogens (tertiary/aromatic N) is 1. The summed E-state index contributed by atoms with van der Waals surface area (Å²) in [4.78, 5) is 9.62. The van der Waals surface area contributed by atoms with Gasteiger partial charge in [0.15, 0.2) is 0 Å². The summed E-state index contributed by atoms with van der Waals surface area (Å²) >= 11 is -4.42. The predicted molar refractivity (Wildman–Crippen MR) is 47.2 cm³/mol. The first-order valence-electron chi connectivity index (χ1n) is 3.19. The van der Waals surface area contributed by atoms with Gasteiger partial charge in [0.25, 0.3) is 0 Å². The van der Waals surface area contributed by atoms with Gasteiger partial charge in [0.1, 0.15) is 0 Å². The van der Waals surface area contributed by atoms with Gasteiger partial charge < -0.3 is 0 Å². The minimum absolute atomic E-state index is 0.0467. The van der Waals surface area contributed by atoms with Crippen molar-refractivity contribution in [2.24, 2.45) is 0 Å². The van der Waals surface area contributed by atoms with Gasteiger partial charge in [-0.3, -0.25) is 0 Å². The van der Waals surface area contributed by atoms with E-state index in [1.165, 1.54) is 12.1 Å². The first kappa shape index (κ1) is 10.3. The molecule has 0 bridgehead atoms. The maximum absolute atomic E-state index is 10.9. The van der Waals surface area contributed by atoms with Crippen molar-refractivity contribution in [2.45, 2.75) is 0 Å². The van der Waals surface area contributed by atoms with E-state index in [1.807, 2.05) is 0 Å². The van der Waals surface area contributed by atoms with Crippen molar-refractivity contribution in [3.05, 3.63) is 34.4 Å². The van der Waals surface area contributed by atoms with Crippen molar-refractivity contribution in [1.82, 2.24) is 0 Å². The molecule has 0 amide bonds. The molecule has 1 rings (SSSR count). The molecule has 0 aromatic heterocycles. The van der Waals surface area contributed by atoms with E-state index in [1.54, 1.807) is 0 Å². The predicted octanol–water partition coefficient (Wildman–Crippen LogP) is 0.402. The van der Waals surface area contributed by atoms with E-state index >= 15 is 0 Å². The Morgan fingerprint density at radius 3 is 2.15 bits per heavy atom. The average molecular weight is 265 g/mol. The number of rotatable bonds is 2. The Balaban J connectivity index is 3.08. The van der Waals surface area contributed by atoms with Crippen LogP contribution in [0.25, 0.3) is 0 Å². The Morgan fingerprint density at radius 1 is 1.38 bits per heavy atom. The number of hydrogen-bond donors (Lipinski definition) is 1. The quantitative estimate of drug-likeness (QED) is 0.477. The Kier molecular flexibility index (Phi) is 2.80. The van der Waals surface area contributed by atoms with Gasteiger partial charge in [-0.2, -0.15) is 0 Å². The third kappa shape index (κ3) is 2.59. The number of nitro groups is 1. The zero-order chi connectivity index (χ0) is 10.1. The van der Waals surface area contributed by atoms with Crippen molar-refractivity contribution < 1.29 is 12.8 Å². The molecule has 1 aromatic carbocycles. The van der Waals surface area contributed by atoms with Crippen molar-refractivity contribution in [3.8, 4) is 0 Å². The first-order valence-corrected chi connectivity index (χ1v) is 8.19. The van der Waals surface area contributed by atoms with Gasteiger partial charge in [0, 0.05) is 0 Å². The molecule has 0 spiro atoms. The minimum atomic E-state index is -4.42. The second-order valence-corrected chi connectivity index (χ2v) is 7.85. The molecule has 0 radical (unpaired) electrons. The van der Waals surface area contributed by atoms with Gasteiger partial charge in [-0.05, 0) is 0 Å². The fraction of sp³-hybridized carbons (Fsp3) is 0. The Bertz CT molecular complexity index is 371. The summed E-state index contributed by atoms with van der Waals surface area (Å²) in [5.74, 6) is 0. The van der Waals surface area contributed by atoms with Crippen LogP contribution >= 0.6 is 9.95 Å².